The van der Waals surface area contributed by atoms with E-state index in [-0.39, 0.29) is 23.9 Å². The lowest BCUT2D eigenvalue weighted by molar-refractivity contribution is 0.0526. The molecule has 3 heterocycles. The van der Waals surface area contributed by atoms with E-state index in [4.69, 9.17) is 4.74 Å². The van der Waals surface area contributed by atoms with Gasteiger partial charge in [-0.15, -0.1) is 23.7 Å². The van der Waals surface area contributed by atoms with Crippen LogP contribution in [-0.4, -0.2) is 61.8 Å². The number of anilines is 1. The molecule has 0 spiro atoms. The van der Waals surface area contributed by atoms with Crippen LogP contribution in [0.4, 0.5) is 5.00 Å². The lowest BCUT2D eigenvalue weighted by Crippen LogP contribution is -2.39. The number of carbonyl (C=O) groups is 2. The summed E-state index contributed by atoms with van der Waals surface area (Å²) < 4.78 is 32.9. The summed E-state index contributed by atoms with van der Waals surface area (Å²) in [7, 11) is -3.60. The Bertz CT molecular complexity index is 1230. The van der Waals surface area contributed by atoms with Crippen molar-refractivity contribution in [1.82, 2.24) is 9.21 Å². The van der Waals surface area contributed by atoms with Crippen LogP contribution in [0.3, 0.4) is 0 Å². The van der Waals surface area contributed by atoms with E-state index in [1.807, 2.05) is 0 Å². The summed E-state index contributed by atoms with van der Waals surface area (Å²) in [5, 5.41) is 3.37. The van der Waals surface area contributed by atoms with Gasteiger partial charge in [0, 0.05) is 42.7 Å². The molecule has 0 bridgehead atoms. The first-order valence-corrected chi connectivity index (χ1v) is 14.8. The van der Waals surface area contributed by atoms with Gasteiger partial charge in [0.15, 0.2) is 0 Å². The molecule has 1 fully saturated rings. The normalized spacial score (nSPS) is 18.7. The zero-order valence-electron chi connectivity index (χ0n) is 21.8. The first-order chi connectivity index (χ1) is 17.1. The van der Waals surface area contributed by atoms with E-state index >= 15 is 0 Å². The van der Waals surface area contributed by atoms with Gasteiger partial charge >= 0.3 is 5.97 Å². The summed E-state index contributed by atoms with van der Waals surface area (Å²) in [5.74, 6) is -0.493. The molecule has 0 radical (unpaired) electrons. The lowest BCUT2D eigenvalue weighted by Gasteiger charge is -2.30. The molecule has 1 N–H and O–H groups in total. The molecule has 0 saturated carbocycles. The maximum atomic E-state index is 13.1. The monoisotopic (exact) mass is 569 g/mol. The van der Waals surface area contributed by atoms with Gasteiger partial charge < -0.3 is 10.1 Å². The van der Waals surface area contributed by atoms with E-state index in [0.29, 0.717) is 41.2 Å². The van der Waals surface area contributed by atoms with E-state index < -0.39 is 21.9 Å². The summed E-state index contributed by atoms with van der Waals surface area (Å²) in [5.41, 5.74) is 1.71. The van der Waals surface area contributed by atoms with Gasteiger partial charge in [0.2, 0.25) is 10.0 Å². The fourth-order valence-electron chi connectivity index (χ4n) is 4.84. The minimum Gasteiger partial charge on any atom is -0.462 e. The third-order valence-electron chi connectivity index (χ3n) is 6.90. The Kier molecular flexibility index (Phi) is 9.79. The molecule has 2 aliphatic rings. The predicted molar refractivity (Wildman–Crippen MR) is 148 cm³/mol. The zero-order chi connectivity index (χ0) is 26.0. The van der Waals surface area contributed by atoms with Gasteiger partial charge in [-0.3, -0.25) is 9.69 Å². The predicted octanol–water partition coefficient (Wildman–Crippen LogP) is 4.79. The second kappa shape index (κ2) is 12.3. The van der Waals surface area contributed by atoms with Crippen molar-refractivity contribution in [3.8, 4) is 0 Å². The maximum Gasteiger partial charge on any atom is 0.341 e. The van der Waals surface area contributed by atoms with E-state index in [9.17, 15) is 18.0 Å². The number of piperidine rings is 1. The summed E-state index contributed by atoms with van der Waals surface area (Å²) in [4.78, 5) is 29.5. The molecule has 8 nitrogen and oxygen atoms in total. The number of esters is 1. The maximum absolute atomic E-state index is 13.1. The molecule has 11 heteroatoms. The molecule has 4 rings (SSSR count). The Morgan fingerprint density at radius 2 is 1.89 bits per heavy atom. The molecule has 1 unspecified atom stereocenters. The number of sulfonamides is 1. The number of thiophene rings is 1. The van der Waals surface area contributed by atoms with Crippen molar-refractivity contribution in [2.24, 2.45) is 5.92 Å². The summed E-state index contributed by atoms with van der Waals surface area (Å²) in [6.45, 7) is 10.9. The highest BCUT2D eigenvalue weighted by Gasteiger charge is 2.31. The Balaban J connectivity index is 0.00000380. The number of hydrogen-bond acceptors (Lipinski definition) is 7. The molecular formula is C26H36ClN3O5S2. The second-order valence-electron chi connectivity index (χ2n) is 9.83. The molecule has 2 aliphatic heterocycles. The average molecular weight is 570 g/mol. The molecule has 1 atom stereocenters. The topological polar surface area (TPSA) is 96.0 Å². The van der Waals surface area contributed by atoms with Crippen molar-refractivity contribution in [2.75, 3.05) is 31.6 Å². The number of rotatable bonds is 7. The van der Waals surface area contributed by atoms with E-state index in [1.54, 1.807) is 6.92 Å². The number of fused-ring (bicyclic) bond motifs is 1. The third kappa shape index (κ3) is 6.37. The van der Waals surface area contributed by atoms with Crippen LogP contribution >= 0.6 is 23.7 Å². The number of amides is 1. The molecule has 204 valence electrons. The minimum absolute atomic E-state index is 0. The number of carbonyl (C=O) groups excluding carboxylic acids is 2. The van der Waals surface area contributed by atoms with Gasteiger partial charge in [-0.2, -0.15) is 4.31 Å². The van der Waals surface area contributed by atoms with Gasteiger partial charge in [0.1, 0.15) is 5.00 Å². The number of nitrogens with one attached hydrogen (secondary N) is 1. The van der Waals surface area contributed by atoms with Crippen LogP contribution in [0, 0.1) is 5.92 Å². The Hall–Kier alpha value is -1.98. The lowest BCUT2D eigenvalue weighted by atomic mass is 10.0. The van der Waals surface area contributed by atoms with Crippen molar-refractivity contribution in [2.45, 2.75) is 64.4 Å². The molecular weight excluding hydrogens is 534 g/mol. The number of halogens is 1. The number of benzene rings is 1. The highest BCUT2D eigenvalue weighted by atomic mass is 35.5. The number of ether oxygens (including phenoxy) is 1. The van der Waals surface area contributed by atoms with Crippen molar-refractivity contribution >= 4 is 50.6 Å². The first kappa shape index (κ1) is 29.6. The Labute approximate surface area is 229 Å². The van der Waals surface area contributed by atoms with Crippen LogP contribution in [0.15, 0.2) is 29.2 Å². The van der Waals surface area contributed by atoms with Gasteiger partial charge in [-0.25, -0.2) is 13.2 Å². The molecule has 2 aromatic rings. The summed E-state index contributed by atoms with van der Waals surface area (Å²) in [6.07, 6.45) is 2.60. The third-order valence-corrected chi connectivity index (χ3v) is 9.91. The Morgan fingerprint density at radius 3 is 2.51 bits per heavy atom. The van der Waals surface area contributed by atoms with Crippen molar-refractivity contribution in [1.29, 1.82) is 0 Å². The molecule has 1 saturated heterocycles. The average Bonchev–Trinajstić information content (AvgIpc) is 3.21. The highest BCUT2D eigenvalue weighted by Crippen LogP contribution is 2.38. The number of hydrogen-bond donors (Lipinski definition) is 1. The minimum atomic E-state index is -3.60. The van der Waals surface area contributed by atoms with Crippen molar-refractivity contribution in [3.05, 3.63) is 45.8 Å². The van der Waals surface area contributed by atoms with Gasteiger partial charge in [-0.05, 0) is 75.8 Å². The smallest absolute Gasteiger partial charge is 0.341 e. The molecule has 1 aromatic carbocycles. The van der Waals surface area contributed by atoms with Crippen LogP contribution < -0.4 is 5.32 Å². The fraction of sp³-hybridized carbons (Fsp3) is 0.538. The highest BCUT2D eigenvalue weighted by molar-refractivity contribution is 7.89. The zero-order valence-corrected chi connectivity index (χ0v) is 24.2. The quantitative estimate of drug-likeness (QED) is 0.482. The molecule has 0 aliphatic carbocycles. The van der Waals surface area contributed by atoms with Crippen LogP contribution in [0.2, 0.25) is 0 Å². The van der Waals surface area contributed by atoms with Crippen LogP contribution in [0.1, 0.15) is 71.7 Å². The van der Waals surface area contributed by atoms with E-state index in [1.165, 1.54) is 39.9 Å². The van der Waals surface area contributed by atoms with E-state index in [0.717, 1.165) is 42.8 Å². The van der Waals surface area contributed by atoms with Crippen molar-refractivity contribution < 1.29 is 22.7 Å². The summed E-state index contributed by atoms with van der Waals surface area (Å²) in [6, 6.07) is 6.39. The largest absolute Gasteiger partial charge is 0.462 e. The first-order valence-electron chi connectivity index (χ1n) is 12.6. The van der Waals surface area contributed by atoms with Gasteiger partial charge in [0.25, 0.3) is 5.91 Å². The Morgan fingerprint density at radius 1 is 1.19 bits per heavy atom. The number of nitrogens with zero attached hydrogens (tertiary/aromatic N) is 2. The van der Waals surface area contributed by atoms with Crippen LogP contribution in [-0.2, 0) is 27.7 Å². The summed E-state index contributed by atoms with van der Waals surface area (Å²) >= 11 is 1.41. The van der Waals surface area contributed by atoms with Crippen molar-refractivity contribution in [3.63, 3.8) is 0 Å². The van der Waals surface area contributed by atoms with Gasteiger partial charge in [0.05, 0.1) is 17.1 Å². The molecule has 37 heavy (non-hydrogen) atoms. The molecule has 1 amide bonds. The molecule has 1 aromatic heterocycles. The van der Waals surface area contributed by atoms with E-state index in [2.05, 4.69) is 31.0 Å². The fourth-order valence-corrected chi connectivity index (χ4v) is 7.69. The van der Waals surface area contributed by atoms with Crippen LogP contribution in [0.5, 0.6) is 0 Å². The standard InChI is InChI=1S/C26H35N3O5S2.ClH/c1-5-34-26(31)23-21-12-14-28(17(2)3)16-22(21)35-25(23)27-24(30)19-8-10-20(11-9-19)36(32,33)29-13-6-7-18(4)15-29;/h8-11,17-18H,5-7,12-16H2,1-4H3,(H,27,30);1H. The van der Waals surface area contributed by atoms with Crippen LogP contribution in [0.25, 0.3) is 0 Å². The SMILES string of the molecule is CCOC(=O)c1c(NC(=O)c2ccc(S(=O)(=O)N3CCCC(C)C3)cc2)sc2c1CCN(C(C)C)C2.Cl. The van der Waals surface area contributed by atoms with Gasteiger partial charge in [-0.1, -0.05) is 6.92 Å². The second-order valence-corrected chi connectivity index (χ2v) is 12.9.